The van der Waals surface area contributed by atoms with Crippen LogP contribution in [0, 0.1) is 5.41 Å². The summed E-state index contributed by atoms with van der Waals surface area (Å²) in [5, 5.41) is 19.9. The number of aromatic nitrogens is 3. The molecule has 2 aliphatic rings. The molecule has 208 valence electrons. The summed E-state index contributed by atoms with van der Waals surface area (Å²) >= 11 is 0. The zero-order valence-electron chi connectivity index (χ0n) is 23.8. The predicted molar refractivity (Wildman–Crippen MR) is 150 cm³/mol. The smallest absolute Gasteiger partial charge is 0.230 e. The third-order valence-electron chi connectivity index (χ3n) is 8.72. The van der Waals surface area contributed by atoms with Crippen LogP contribution in [0.15, 0.2) is 47.2 Å². The number of carbonyl (C=O) groups is 1. The van der Waals surface area contributed by atoms with Gasteiger partial charge in [0.1, 0.15) is 5.60 Å². The van der Waals surface area contributed by atoms with E-state index in [9.17, 15) is 9.90 Å². The van der Waals surface area contributed by atoms with Gasteiger partial charge in [0, 0.05) is 60.4 Å². The van der Waals surface area contributed by atoms with Crippen molar-refractivity contribution in [1.82, 2.24) is 25.3 Å². The minimum Gasteiger partial charge on any atom is -0.380 e. The van der Waals surface area contributed by atoms with Crippen molar-refractivity contribution in [2.45, 2.75) is 83.3 Å². The van der Waals surface area contributed by atoms with Crippen molar-refractivity contribution in [2.75, 3.05) is 20.1 Å². The molecule has 8 heteroatoms. The molecule has 1 aliphatic carbocycles. The first-order valence-electron chi connectivity index (χ1n) is 14.2. The molecule has 1 saturated heterocycles. The number of rotatable bonds is 8. The lowest BCUT2D eigenvalue weighted by molar-refractivity contribution is -0.127. The fourth-order valence-corrected chi connectivity index (χ4v) is 6.44. The summed E-state index contributed by atoms with van der Waals surface area (Å²) in [6.45, 7) is 9.90. The highest BCUT2D eigenvalue weighted by atomic mass is 16.5. The molecule has 2 aromatic heterocycles. The van der Waals surface area contributed by atoms with Crippen molar-refractivity contribution in [3.63, 3.8) is 0 Å². The lowest BCUT2D eigenvalue weighted by Gasteiger charge is -2.55. The fourth-order valence-electron chi connectivity index (χ4n) is 6.44. The second-order valence-electron chi connectivity index (χ2n) is 12.1. The SMILES string of the molecule is CCC(=O)NC1CCC(c2nc(-c3cncc(C(O)(c4ccc(C(C)C)cc4)C4(C)CN(C)C4)c3)no2)CC1. The number of likely N-dealkylation sites (tertiary alicyclic amines) is 1. The van der Waals surface area contributed by atoms with Gasteiger partial charge in [-0.25, -0.2) is 0 Å². The molecule has 3 heterocycles. The molecule has 1 amide bonds. The number of nitrogens with zero attached hydrogens (tertiary/aromatic N) is 4. The number of hydrogen-bond donors (Lipinski definition) is 2. The molecular formula is C31H41N5O3. The van der Waals surface area contributed by atoms with Crippen LogP contribution in [0.2, 0.25) is 0 Å². The zero-order chi connectivity index (χ0) is 27.8. The monoisotopic (exact) mass is 531 g/mol. The maximum Gasteiger partial charge on any atom is 0.230 e. The molecule has 1 aliphatic heterocycles. The molecule has 5 rings (SSSR count). The topological polar surface area (TPSA) is 104 Å². The van der Waals surface area contributed by atoms with Crippen LogP contribution < -0.4 is 5.32 Å². The van der Waals surface area contributed by atoms with E-state index in [0.717, 1.165) is 55.5 Å². The predicted octanol–water partition coefficient (Wildman–Crippen LogP) is 5.00. The van der Waals surface area contributed by atoms with Crippen LogP contribution in [0.4, 0.5) is 0 Å². The summed E-state index contributed by atoms with van der Waals surface area (Å²) in [6, 6.07) is 10.5. The van der Waals surface area contributed by atoms with E-state index < -0.39 is 5.60 Å². The maximum atomic E-state index is 12.5. The number of carbonyl (C=O) groups excluding carboxylic acids is 1. The molecule has 39 heavy (non-hydrogen) atoms. The quantitative estimate of drug-likeness (QED) is 0.422. The highest BCUT2D eigenvalue weighted by Crippen LogP contribution is 2.50. The molecule has 2 N–H and O–H groups in total. The van der Waals surface area contributed by atoms with Gasteiger partial charge in [0.25, 0.3) is 0 Å². The van der Waals surface area contributed by atoms with Crippen molar-refractivity contribution >= 4 is 5.91 Å². The Kier molecular flexibility index (Phi) is 7.62. The van der Waals surface area contributed by atoms with Gasteiger partial charge in [-0.15, -0.1) is 0 Å². The summed E-state index contributed by atoms with van der Waals surface area (Å²) in [7, 11) is 2.07. The van der Waals surface area contributed by atoms with E-state index in [1.54, 1.807) is 12.4 Å². The summed E-state index contributed by atoms with van der Waals surface area (Å²) in [5.74, 6) is 1.80. The van der Waals surface area contributed by atoms with Gasteiger partial charge in [0.05, 0.1) is 0 Å². The van der Waals surface area contributed by atoms with Gasteiger partial charge in [-0.3, -0.25) is 9.78 Å². The van der Waals surface area contributed by atoms with E-state index in [1.807, 2.05) is 13.0 Å². The Morgan fingerprint density at radius 1 is 1.15 bits per heavy atom. The van der Waals surface area contributed by atoms with E-state index in [1.165, 1.54) is 5.56 Å². The first-order chi connectivity index (χ1) is 18.6. The molecule has 0 bridgehead atoms. The van der Waals surface area contributed by atoms with Crippen LogP contribution in [0.5, 0.6) is 0 Å². The number of amides is 1. The van der Waals surface area contributed by atoms with Gasteiger partial charge in [-0.1, -0.05) is 57.1 Å². The maximum absolute atomic E-state index is 12.5. The normalized spacial score (nSPS) is 22.7. The van der Waals surface area contributed by atoms with Gasteiger partial charge in [0.15, 0.2) is 0 Å². The summed E-state index contributed by atoms with van der Waals surface area (Å²) in [6.07, 6.45) is 7.60. The molecule has 2 fully saturated rings. The van der Waals surface area contributed by atoms with E-state index in [4.69, 9.17) is 9.51 Å². The van der Waals surface area contributed by atoms with Crippen LogP contribution in [-0.2, 0) is 10.4 Å². The van der Waals surface area contributed by atoms with Gasteiger partial charge in [0.2, 0.25) is 17.6 Å². The zero-order valence-corrected chi connectivity index (χ0v) is 23.8. The minimum absolute atomic E-state index is 0.101. The Bertz CT molecular complexity index is 1290. The van der Waals surface area contributed by atoms with Crippen molar-refractivity contribution in [3.8, 4) is 11.4 Å². The largest absolute Gasteiger partial charge is 0.380 e. The van der Waals surface area contributed by atoms with E-state index >= 15 is 0 Å². The van der Waals surface area contributed by atoms with Crippen LogP contribution in [-0.4, -0.2) is 57.2 Å². The molecule has 1 aromatic carbocycles. The Labute approximate surface area is 231 Å². The fraction of sp³-hybridized carbons (Fsp3) is 0.548. The van der Waals surface area contributed by atoms with Gasteiger partial charge < -0.3 is 19.8 Å². The molecule has 1 atom stereocenters. The summed E-state index contributed by atoms with van der Waals surface area (Å²) in [5.41, 5.74) is 1.94. The number of hydrogen-bond acceptors (Lipinski definition) is 7. The first-order valence-corrected chi connectivity index (χ1v) is 14.2. The van der Waals surface area contributed by atoms with Crippen LogP contribution >= 0.6 is 0 Å². The van der Waals surface area contributed by atoms with Crippen molar-refractivity contribution in [2.24, 2.45) is 5.41 Å². The average molecular weight is 532 g/mol. The summed E-state index contributed by atoms with van der Waals surface area (Å²) < 4.78 is 5.71. The molecular weight excluding hydrogens is 490 g/mol. The third-order valence-corrected chi connectivity index (χ3v) is 8.72. The van der Waals surface area contributed by atoms with Gasteiger partial charge in [-0.05, 0) is 55.8 Å². The highest BCUT2D eigenvalue weighted by Gasteiger charge is 2.55. The van der Waals surface area contributed by atoms with Crippen molar-refractivity contribution in [3.05, 3.63) is 65.3 Å². The molecule has 0 radical (unpaired) electrons. The number of pyridine rings is 1. The first kappa shape index (κ1) is 27.5. The number of benzene rings is 1. The Morgan fingerprint density at radius 3 is 2.46 bits per heavy atom. The Morgan fingerprint density at radius 2 is 1.85 bits per heavy atom. The second kappa shape index (κ2) is 10.8. The average Bonchev–Trinajstić information content (AvgIpc) is 3.43. The second-order valence-corrected chi connectivity index (χ2v) is 12.1. The van der Waals surface area contributed by atoms with E-state index in [0.29, 0.717) is 24.1 Å². The molecule has 1 saturated carbocycles. The van der Waals surface area contributed by atoms with Crippen LogP contribution in [0.25, 0.3) is 11.4 Å². The molecule has 8 nitrogen and oxygen atoms in total. The highest BCUT2D eigenvalue weighted by molar-refractivity contribution is 5.75. The van der Waals surface area contributed by atoms with E-state index in [2.05, 4.69) is 72.4 Å². The molecule has 3 aromatic rings. The lowest BCUT2D eigenvalue weighted by Crippen LogP contribution is -2.63. The minimum atomic E-state index is -1.23. The summed E-state index contributed by atoms with van der Waals surface area (Å²) in [4.78, 5) is 23.2. The number of aliphatic hydroxyl groups is 1. The van der Waals surface area contributed by atoms with E-state index in [-0.39, 0.29) is 23.3 Å². The lowest BCUT2D eigenvalue weighted by atomic mass is 9.62. The Balaban J connectivity index is 1.40. The molecule has 0 spiro atoms. The van der Waals surface area contributed by atoms with Crippen molar-refractivity contribution in [1.29, 1.82) is 0 Å². The van der Waals surface area contributed by atoms with Gasteiger partial charge >= 0.3 is 0 Å². The van der Waals surface area contributed by atoms with Crippen LogP contribution in [0.3, 0.4) is 0 Å². The standard InChI is InChI=1S/C31H41N5O3/c1-6-27(37)33-26-13-9-22(10-14-26)29-34-28(35-39-29)23-15-25(17-32-16-23)31(38,30(4)18-36(5)19-30)24-11-7-21(8-12-24)20(2)3/h7-8,11-12,15-17,20,22,26,38H,6,9-10,13-14,18-19H2,1-5H3,(H,33,37). The van der Waals surface area contributed by atoms with Crippen LogP contribution in [0.1, 0.15) is 94.2 Å². The van der Waals surface area contributed by atoms with Crippen molar-refractivity contribution < 1.29 is 14.4 Å². The Hall–Kier alpha value is -3.10. The van der Waals surface area contributed by atoms with Gasteiger partial charge in [-0.2, -0.15) is 4.98 Å². The third kappa shape index (κ3) is 5.24. The molecule has 1 unspecified atom stereocenters. The number of nitrogens with one attached hydrogen (secondary N) is 1.